The molecule has 1 aliphatic rings. The van der Waals surface area contributed by atoms with E-state index >= 15 is 0 Å². The van der Waals surface area contributed by atoms with Crippen LogP contribution in [0.25, 0.3) is 0 Å². The van der Waals surface area contributed by atoms with Crippen LogP contribution in [0.3, 0.4) is 0 Å². The number of hydrogen-bond donors (Lipinski definition) is 2. The fraction of sp³-hybridized carbons (Fsp3) is 0.533. The van der Waals surface area contributed by atoms with E-state index < -0.39 is 0 Å². The van der Waals surface area contributed by atoms with Crippen molar-refractivity contribution in [2.75, 3.05) is 33.4 Å². The van der Waals surface area contributed by atoms with Gasteiger partial charge in [-0.1, -0.05) is 0 Å². The fourth-order valence-electron chi connectivity index (χ4n) is 2.17. The van der Waals surface area contributed by atoms with Gasteiger partial charge in [-0.05, 0) is 25.0 Å². The van der Waals surface area contributed by atoms with E-state index in [9.17, 15) is 9.59 Å². The van der Waals surface area contributed by atoms with Crippen molar-refractivity contribution >= 4 is 11.8 Å². The maximum atomic E-state index is 12.1. The zero-order chi connectivity index (χ0) is 15.8. The van der Waals surface area contributed by atoms with Gasteiger partial charge in [-0.15, -0.1) is 0 Å². The van der Waals surface area contributed by atoms with Crippen LogP contribution in [0.15, 0.2) is 18.3 Å². The third kappa shape index (κ3) is 4.78. The normalized spacial score (nSPS) is 17.2. The molecule has 0 bridgehead atoms. The van der Waals surface area contributed by atoms with Crippen LogP contribution in [-0.2, 0) is 9.47 Å². The van der Waals surface area contributed by atoms with Gasteiger partial charge in [-0.2, -0.15) is 0 Å². The van der Waals surface area contributed by atoms with Gasteiger partial charge in [0, 0.05) is 38.6 Å². The molecule has 2 amide bonds. The van der Waals surface area contributed by atoms with E-state index in [0.717, 1.165) is 19.4 Å². The highest BCUT2D eigenvalue weighted by atomic mass is 16.5. The van der Waals surface area contributed by atoms with E-state index in [4.69, 9.17) is 9.47 Å². The molecule has 1 saturated heterocycles. The molecule has 0 radical (unpaired) electrons. The number of carbonyl (C=O) groups is 2. The molecule has 7 nitrogen and oxygen atoms in total. The minimum Gasteiger partial charge on any atom is -0.383 e. The predicted octanol–water partition coefficient (Wildman–Crippen LogP) is 0.367. The summed E-state index contributed by atoms with van der Waals surface area (Å²) < 4.78 is 10.3. The molecule has 2 heterocycles. The summed E-state index contributed by atoms with van der Waals surface area (Å²) in [7, 11) is 1.56. The predicted molar refractivity (Wildman–Crippen MR) is 79.8 cm³/mol. The van der Waals surface area contributed by atoms with Gasteiger partial charge in [0.25, 0.3) is 11.8 Å². The maximum Gasteiger partial charge on any atom is 0.269 e. The van der Waals surface area contributed by atoms with Gasteiger partial charge < -0.3 is 20.1 Å². The van der Waals surface area contributed by atoms with Gasteiger partial charge in [0.2, 0.25) is 0 Å². The molecule has 1 aromatic rings. The van der Waals surface area contributed by atoms with Crippen molar-refractivity contribution in [3.8, 4) is 0 Å². The number of rotatable bonds is 7. The Morgan fingerprint density at radius 3 is 3.00 bits per heavy atom. The molecule has 120 valence electrons. The lowest BCUT2D eigenvalue weighted by molar-refractivity contribution is 0.0853. The van der Waals surface area contributed by atoms with Crippen molar-refractivity contribution in [3.63, 3.8) is 0 Å². The fourth-order valence-corrected chi connectivity index (χ4v) is 2.17. The van der Waals surface area contributed by atoms with Crippen molar-refractivity contribution in [2.45, 2.75) is 18.9 Å². The highest BCUT2D eigenvalue weighted by Crippen LogP contribution is 2.10. The monoisotopic (exact) mass is 307 g/mol. The summed E-state index contributed by atoms with van der Waals surface area (Å²) in [5.74, 6) is -0.560. The molecule has 1 atom stereocenters. The molecule has 1 fully saturated rings. The second-order valence-corrected chi connectivity index (χ2v) is 5.02. The van der Waals surface area contributed by atoms with Crippen LogP contribution >= 0.6 is 0 Å². The summed E-state index contributed by atoms with van der Waals surface area (Å²) >= 11 is 0. The van der Waals surface area contributed by atoms with E-state index in [1.807, 2.05) is 0 Å². The quantitative estimate of drug-likeness (QED) is 0.710. The molecule has 7 heteroatoms. The smallest absolute Gasteiger partial charge is 0.269 e. The number of hydrogen-bond acceptors (Lipinski definition) is 5. The van der Waals surface area contributed by atoms with E-state index in [2.05, 4.69) is 15.6 Å². The number of nitrogens with one attached hydrogen (secondary N) is 2. The van der Waals surface area contributed by atoms with Crippen LogP contribution in [0.5, 0.6) is 0 Å². The number of pyridine rings is 1. The molecule has 0 aliphatic carbocycles. The van der Waals surface area contributed by atoms with Crippen molar-refractivity contribution in [3.05, 3.63) is 29.6 Å². The molecular weight excluding hydrogens is 286 g/mol. The second-order valence-electron chi connectivity index (χ2n) is 5.02. The van der Waals surface area contributed by atoms with Gasteiger partial charge in [-0.3, -0.25) is 14.6 Å². The maximum absolute atomic E-state index is 12.1. The number of aromatic nitrogens is 1. The van der Waals surface area contributed by atoms with Crippen molar-refractivity contribution in [1.29, 1.82) is 0 Å². The average molecular weight is 307 g/mol. The summed E-state index contributed by atoms with van der Waals surface area (Å²) in [5, 5.41) is 5.48. The van der Waals surface area contributed by atoms with Crippen molar-refractivity contribution in [2.24, 2.45) is 0 Å². The molecule has 0 saturated carbocycles. The Hall–Kier alpha value is -1.99. The van der Waals surface area contributed by atoms with Crippen molar-refractivity contribution in [1.82, 2.24) is 15.6 Å². The molecule has 22 heavy (non-hydrogen) atoms. The SMILES string of the molecule is COCCNC(=O)c1ccnc(C(=O)NCC2CCCO2)c1. The Labute approximate surface area is 129 Å². The standard InChI is InChI=1S/C15H21N3O4/c1-21-8-6-17-14(19)11-4-5-16-13(9-11)15(20)18-10-12-3-2-7-22-12/h4-5,9,12H,2-3,6-8,10H2,1H3,(H,17,19)(H,18,20). The molecule has 1 aliphatic heterocycles. The Balaban J connectivity index is 1.89. The first kappa shape index (κ1) is 16.4. The molecule has 1 aromatic heterocycles. The number of methoxy groups -OCH3 is 1. The van der Waals surface area contributed by atoms with E-state index in [0.29, 0.717) is 25.3 Å². The summed E-state index contributed by atoms with van der Waals surface area (Å²) in [5.41, 5.74) is 0.616. The topological polar surface area (TPSA) is 89.5 Å². The summed E-state index contributed by atoms with van der Waals surface area (Å²) in [6, 6.07) is 3.05. The summed E-state index contributed by atoms with van der Waals surface area (Å²) in [4.78, 5) is 28.0. The van der Waals surface area contributed by atoms with Gasteiger partial charge in [-0.25, -0.2) is 0 Å². The molecular formula is C15H21N3O4. The lowest BCUT2D eigenvalue weighted by atomic mass is 10.2. The van der Waals surface area contributed by atoms with Gasteiger partial charge in [0.05, 0.1) is 12.7 Å². The van der Waals surface area contributed by atoms with Crippen LogP contribution in [0.4, 0.5) is 0 Å². The largest absolute Gasteiger partial charge is 0.383 e. The highest BCUT2D eigenvalue weighted by Gasteiger charge is 2.17. The average Bonchev–Trinajstić information content (AvgIpc) is 3.06. The number of nitrogens with zero attached hydrogens (tertiary/aromatic N) is 1. The highest BCUT2D eigenvalue weighted by molar-refractivity contribution is 5.98. The van der Waals surface area contributed by atoms with E-state index in [1.54, 1.807) is 13.2 Å². The summed E-state index contributed by atoms with van der Waals surface area (Å²) in [6.07, 6.45) is 3.50. The van der Waals surface area contributed by atoms with E-state index in [-0.39, 0.29) is 23.6 Å². The van der Waals surface area contributed by atoms with Gasteiger partial charge in [0.15, 0.2) is 0 Å². The molecule has 0 aromatic carbocycles. The Bertz CT molecular complexity index is 515. The molecule has 0 spiro atoms. The number of carbonyl (C=O) groups excluding carboxylic acids is 2. The van der Waals surface area contributed by atoms with E-state index in [1.165, 1.54) is 12.3 Å². The van der Waals surface area contributed by atoms with Gasteiger partial charge in [0.1, 0.15) is 5.69 Å². The molecule has 2 rings (SSSR count). The summed E-state index contributed by atoms with van der Waals surface area (Å²) in [6.45, 7) is 2.06. The third-order valence-corrected chi connectivity index (χ3v) is 3.36. The Morgan fingerprint density at radius 1 is 1.41 bits per heavy atom. The minimum absolute atomic E-state index is 0.0736. The molecule has 1 unspecified atom stereocenters. The van der Waals surface area contributed by atoms with Crippen LogP contribution in [-0.4, -0.2) is 56.3 Å². The number of amides is 2. The van der Waals surface area contributed by atoms with Crippen LogP contribution < -0.4 is 10.6 Å². The first-order valence-corrected chi connectivity index (χ1v) is 7.33. The minimum atomic E-state index is -0.304. The Morgan fingerprint density at radius 2 is 2.27 bits per heavy atom. The Kier molecular flexibility index (Phi) is 6.29. The van der Waals surface area contributed by atoms with Crippen LogP contribution in [0.2, 0.25) is 0 Å². The third-order valence-electron chi connectivity index (χ3n) is 3.36. The lowest BCUT2D eigenvalue weighted by Crippen LogP contribution is -2.32. The van der Waals surface area contributed by atoms with Crippen LogP contribution in [0, 0.1) is 0 Å². The zero-order valence-electron chi connectivity index (χ0n) is 12.6. The zero-order valence-corrected chi connectivity index (χ0v) is 12.6. The number of ether oxygens (including phenoxy) is 2. The second kappa shape index (κ2) is 8.45. The first-order chi connectivity index (χ1) is 10.7. The van der Waals surface area contributed by atoms with Crippen molar-refractivity contribution < 1.29 is 19.1 Å². The van der Waals surface area contributed by atoms with Crippen LogP contribution in [0.1, 0.15) is 33.7 Å². The first-order valence-electron chi connectivity index (χ1n) is 7.33. The lowest BCUT2D eigenvalue weighted by Gasteiger charge is -2.11. The molecule has 2 N–H and O–H groups in total. The van der Waals surface area contributed by atoms with Gasteiger partial charge >= 0.3 is 0 Å².